The highest BCUT2D eigenvalue weighted by molar-refractivity contribution is 7.12. The van der Waals surface area contributed by atoms with E-state index in [-0.39, 0.29) is 12.5 Å². The monoisotopic (exact) mass is 368 g/mol. The van der Waals surface area contributed by atoms with Crippen LogP contribution in [-0.2, 0) is 4.74 Å². The summed E-state index contributed by atoms with van der Waals surface area (Å²) in [4.78, 5) is 9.80. The molecule has 7 heteroatoms. The molecule has 1 aromatic heterocycles. The molecule has 3 N–H and O–H groups in total. The molecule has 0 amide bonds. The Morgan fingerprint density at radius 3 is 2.72 bits per heavy atom. The van der Waals surface area contributed by atoms with E-state index in [2.05, 4.69) is 46.5 Å². The molecular weight excluding hydrogens is 336 g/mol. The number of hydrogen-bond acceptors (Lipinski definition) is 5. The minimum absolute atomic E-state index is 0.160. The normalized spacial score (nSPS) is 18.8. The zero-order chi connectivity index (χ0) is 18.1. The van der Waals surface area contributed by atoms with Gasteiger partial charge in [-0.2, -0.15) is 0 Å². The van der Waals surface area contributed by atoms with E-state index in [1.807, 2.05) is 18.3 Å². The molecule has 0 aromatic carbocycles. The minimum Gasteiger partial charge on any atom is -0.396 e. The highest BCUT2D eigenvalue weighted by Gasteiger charge is 2.24. The molecule has 0 bridgehead atoms. The molecule has 2 rings (SSSR count). The molecule has 6 nitrogen and oxygen atoms in total. The Morgan fingerprint density at radius 1 is 1.36 bits per heavy atom. The van der Waals surface area contributed by atoms with Gasteiger partial charge in [0.25, 0.3) is 0 Å². The van der Waals surface area contributed by atoms with Gasteiger partial charge < -0.3 is 20.5 Å². The summed E-state index contributed by atoms with van der Waals surface area (Å²) in [5.41, 5.74) is 0. The van der Waals surface area contributed by atoms with Gasteiger partial charge in [0, 0.05) is 49.1 Å². The smallest absolute Gasteiger partial charge is 0.191 e. The van der Waals surface area contributed by atoms with Gasteiger partial charge in [0.15, 0.2) is 5.96 Å². The first-order valence-electron chi connectivity index (χ1n) is 9.15. The molecule has 1 saturated heterocycles. The fourth-order valence-corrected chi connectivity index (χ4v) is 3.78. The molecular formula is C18H32N4O2S. The third-order valence-corrected chi connectivity index (χ3v) is 5.36. The Morgan fingerprint density at radius 2 is 2.12 bits per heavy atom. The number of nitrogens with one attached hydrogen (secondary N) is 2. The first kappa shape index (κ1) is 20.2. The zero-order valence-corrected chi connectivity index (χ0v) is 16.4. The molecule has 1 aliphatic rings. The Bertz CT molecular complexity index is 529. The van der Waals surface area contributed by atoms with E-state index >= 15 is 0 Å². The lowest BCUT2D eigenvalue weighted by Gasteiger charge is -2.34. The van der Waals surface area contributed by atoms with E-state index < -0.39 is 0 Å². The van der Waals surface area contributed by atoms with Gasteiger partial charge in [-0.1, -0.05) is 6.92 Å². The van der Waals surface area contributed by atoms with Crippen molar-refractivity contribution in [3.63, 3.8) is 0 Å². The number of nitrogens with zero attached hydrogens (tertiary/aromatic N) is 2. The third-order valence-electron chi connectivity index (χ3n) is 4.26. The fourth-order valence-electron chi connectivity index (χ4n) is 2.77. The molecule has 0 radical (unpaired) electrons. The number of aryl methyl sites for hydroxylation is 1. The number of morpholine rings is 1. The van der Waals surface area contributed by atoms with E-state index in [4.69, 9.17) is 4.74 Å². The Balaban J connectivity index is 2.03. The van der Waals surface area contributed by atoms with Crippen molar-refractivity contribution >= 4 is 17.3 Å². The number of aliphatic imine (C=N–C) groups is 1. The lowest BCUT2D eigenvalue weighted by atomic mass is 10.2. The molecule has 2 heterocycles. The van der Waals surface area contributed by atoms with Crippen molar-refractivity contribution < 1.29 is 9.84 Å². The average molecular weight is 369 g/mol. The van der Waals surface area contributed by atoms with Crippen LogP contribution in [0.15, 0.2) is 17.1 Å². The van der Waals surface area contributed by atoms with Crippen LogP contribution in [0.4, 0.5) is 0 Å². The SMILES string of the molecule is CCNC(=NCC(C)CO)NCC(c1ccc(C)s1)N1CCOCC1. The first-order chi connectivity index (χ1) is 12.1. The van der Waals surface area contributed by atoms with Crippen LogP contribution in [-0.4, -0.2) is 68.5 Å². The van der Waals surface area contributed by atoms with Crippen LogP contribution in [0.5, 0.6) is 0 Å². The van der Waals surface area contributed by atoms with Gasteiger partial charge in [0.05, 0.1) is 19.3 Å². The van der Waals surface area contributed by atoms with Crippen molar-refractivity contribution in [3.05, 3.63) is 21.9 Å². The van der Waals surface area contributed by atoms with E-state index in [1.54, 1.807) is 0 Å². The van der Waals surface area contributed by atoms with Gasteiger partial charge in [0.2, 0.25) is 0 Å². The predicted molar refractivity (Wildman–Crippen MR) is 104 cm³/mol. The highest BCUT2D eigenvalue weighted by Crippen LogP contribution is 2.27. The standard InChI is InChI=1S/C18H32N4O2S/c1-4-19-18(20-11-14(2)13-23)21-12-16(17-6-5-15(3)25-17)22-7-9-24-10-8-22/h5-6,14,16,23H,4,7-13H2,1-3H3,(H2,19,20,21). The molecule has 0 aliphatic carbocycles. The van der Waals surface area contributed by atoms with Crippen LogP contribution >= 0.6 is 11.3 Å². The molecule has 0 spiro atoms. The van der Waals surface area contributed by atoms with Crippen LogP contribution in [0.25, 0.3) is 0 Å². The number of hydrogen-bond donors (Lipinski definition) is 3. The number of rotatable bonds is 8. The van der Waals surface area contributed by atoms with Crippen molar-refractivity contribution in [2.75, 3.05) is 52.5 Å². The molecule has 2 atom stereocenters. The van der Waals surface area contributed by atoms with Crippen LogP contribution in [0.1, 0.15) is 29.6 Å². The summed E-state index contributed by atoms with van der Waals surface area (Å²) in [5, 5.41) is 16.0. The predicted octanol–water partition coefficient (Wildman–Crippen LogP) is 1.61. The van der Waals surface area contributed by atoms with Crippen molar-refractivity contribution in [2.45, 2.75) is 26.8 Å². The number of guanidine groups is 1. The number of ether oxygens (including phenoxy) is 1. The largest absolute Gasteiger partial charge is 0.396 e. The van der Waals surface area contributed by atoms with Gasteiger partial charge in [-0.15, -0.1) is 11.3 Å². The molecule has 2 unspecified atom stereocenters. The average Bonchev–Trinajstić information content (AvgIpc) is 3.06. The number of aliphatic hydroxyl groups is 1. The second-order valence-corrected chi connectivity index (χ2v) is 7.82. The van der Waals surface area contributed by atoms with Gasteiger partial charge in [0.1, 0.15) is 0 Å². The summed E-state index contributed by atoms with van der Waals surface area (Å²) in [7, 11) is 0. The molecule has 142 valence electrons. The van der Waals surface area contributed by atoms with Crippen molar-refractivity contribution in [1.82, 2.24) is 15.5 Å². The Kier molecular flexibility index (Phi) is 8.67. The maximum absolute atomic E-state index is 9.19. The molecule has 1 aliphatic heterocycles. The maximum atomic E-state index is 9.19. The first-order valence-corrected chi connectivity index (χ1v) is 9.96. The van der Waals surface area contributed by atoms with Gasteiger partial charge in [-0.3, -0.25) is 9.89 Å². The van der Waals surface area contributed by atoms with Crippen molar-refractivity contribution in [3.8, 4) is 0 Å². The van der Waals surface area contributed by atoms with Crippen LogP contribution in [0, 0.1) is 12.8 Å². The lowest BCUT2D eigenvalue weighted by molar-refractivity contribution is 0.0177. The molecule has 0 saturated carbocycles. The van der Waals surface area contributed by atoms with Crippen LogP contribution in [0.3, 0.4) is 0 Å². The zero-order valence-electron chi connectivity index (χ0n) is 15.6. The summed E-state index contributed by atoms with van der Waals surface area (Å²) in [6.07, 6.45) is 0. The Hall–Kier alpha value is -1.15. The van der Waals surface area contributed by atoms with Crippen molar-refractivity contribution in [1.29, 1.82) is 0 Å². The quantitative estimate of drug-likeness (QED) is 0.480. The second-order valence-electron chi connectivity index (χ2n) is 6.50. The second kappa shape index (κ2) is 10.8. The van der Waals surface area contributed by atoms with Crippen LogP contribution < -0.4 is 10.6 Å². The number of thiophene rings is 1. The highest BCUT2D eigenvalue weighted by atomic mass is 32.1. The topological polar surface area (TPSA) is 69.1 Å². The summed E-state index contributed by atoms with van der Waals surface area (Å²) in [6.45, 7) is 12.1. The number of aliphatic hydroxyl groups excluding tert-OH is 1. The van der Waals surface area contributed by atoms with E-state index in [1.165, 1.54) is 9.75 Å². The van der Waals surface area contributed by atoms with E-state index in [0.29, 0.717) is 12.6 Å². The Labute approximate surface area is 155 Å². The summed E-state index contributed by atoms with van der Waals surface area (Å²) < 4.78 is 5.51. The van der Waals surface area contributed by atoms with Gasteiger partial charge >= 0.3 is 0 Å². The van der Waals surface area contributed by atoms with E-state index in [9.17, 15) is 5.11 Å². The molecule has 25 heavy (non-hydrogen) atoms. The maximum Gasteiger partial charge on any atom is 0.191 e. The van der Waals surface area contributed by atoms with Crippen molar-refractivity contribution in [2.24, 2.45) is 10.9 Å². The molecule has 1 fully saturated rings. The van der Waals surface area contributed by atoms with E-state index in [0.717, 1.165) is 45.4 Å². The third kappa shape index (κ3) is 6.58. The lowest BCUT2D eigenvalue weighted by Crippen LogP contribution is -2.46. The summed E-state index contributed by atoms with van der Waals surface area (Å²) in [6, 6.07) is 4.75. The fraction of sp³-hybridized carbons (Fsp3) is 0.722. The van der Waals surface area contributed by atoms with Gasteiger partial charge in [-0.05, 0) is 31.9 Å². The van der Waals surface area contributed by atoms with Gasteiger partial charge in [-0.25, -0.2) is 0 Å². The summed E-state index contributed by atoms with van der Waals surface area (Å²) in [5.74, 6) is 0.986. The van der Waals surface area contributed by atoms with Crippen LogP contribution in [0.2, 0.25) is 0 Å². The summed E-state index contributed by atoms with van der Waals surface area (Å²) >= 11 is 1.86. The molecule has 1 aromatic rings. The minimum atomic E-state index is 0.160.